The van der Waals surface area contributed by atoms with Crippen LogP contribution in [0, 0.1) is 5.92 Å². The Morgan fingerprint density at radius 2 is 1.45 bits per heavy atom. The predicted molar refractivity (Wildman–Crippen MR) is 123 cm³/mol. The van der Waals surface area contributed by atoms with Gasteiger partial charge >= 0.3 is 0 Å². The zero-order valence-corrected chi connectivity index (χ0v) is 17.7. The number of hydrogen-bond acceptors (Lipinski definition) is 3. The molecule has 0 aliphatic carbocycles. The van der Waals surface area contributed by atoms with Crippen molar-refractivity contribution in [1.29, 1.82) is 0 Å². The number of aromatic nitrogens is 2. The van der Waals surface area contributed by atoms with Crippen LogP contribution >= 0.6 is 0 Å². The molecular formula is C26H25N3O2. The van der Waals surface area contributed by atoms with Crippen molar-refractivity contribution in [2.24, 2.45) is 5.92 Å². The van der Waals surface area contributed by atoms with Gasteiger partial charge in [-0.05, 0) is 23.1 Å². The van der Waals surface area contributed by atoms with Crippen molar-refractivity contribution in [1.82, 2.24) is 15.1 Å². The van der Waals surface area contributed by atoms with Crippen LogP contribution in [-0.4, -0.2) is 15.7 Å². The summed E-state index contributed by atoms with van der Waals surface area (Å²) >= 11 is 0. The summed E-state index contributed by atoms with van der Waals surface area (Å²) in [6.45, 7) is 4.44. The zero-order valence-electron chi connectivity index (χ0n) is 17.7. The Kier molecular flexibility index (Phi) is 5.94. The lowest BCUT2D eigenvalue weighted by Gasteiger charge is -2.23. The molecule has 4 aromatic rings. The molecule has 156 valence electrons. The fraction of sp³-hybridized carbons (Fsp3) is 0.192. The van der Waals surface area contributed by atoms with E-state index < -0.39 is 0 Å². The molecule has 3 aromatic carbocycles. The lowest BCUT2D eigenvalue weighted by Crippen LogP contribution is -2.35. The van der Waals surface area contributed by atoms with Crippen LogP contribution in [0.25, 0.3) is 10.8 Å². The number of carbonyl (C=O) groups excluding carboxylic acids is 1. The van der Waals surface area contributed by atoms with Crippen molar-refractivity contribution < 1.29 is 4.79 Å². The molecule has 0 saturated carbocycles. The molecule has 4 rings (SSSR count). The number of nitrogens with zero attached hydrogens (tertiary/aromatic N) is 2. The van der Waals surface area contributed by atoms with Crippen molar-refractivity contribution >= 4 is 16.7 Å². The van der Waals surface area contributed by atoms with Gasteiger partial charge in [0.1, 0.15) is 0 Å². The second-order valence-electron chi connectivity index (χ2n) is 7.95. The van der Waals surface area contributed by atoms with Gasteiger partial charge in [-0.25, -0.2) is 4.68 Å². The summed E-state index contributed by atoms with van der Waals surface area (Å²) in [6.07, 6.45) is 0. The van der Waals surface area contributed by atoms with Crippen molar-refractivity contribution in [2.45, 2.75) is 26.4 Å². The minimum atomic E-state index is -0.291. The smallest absolute Gasteiger partial charge is 0.274 e. The van der Waals surface area contributed by atoms with E-state index in [9.17, 15) is 9.59 Å². The van der Waals surface area contributed by atoms with Gasteiger partial charge in [0.25, 0.3) is 11.5 Å². The van der Waals surface area contributed by atoms with Crippen molar-refractivity contribution in [3.63, 3.8) is 0 Å². The zero-order chi connectivity index (χ0) is 21.8. The standard InChI is InChI=1S/C26H25N3O2/c1-18(2)23(20-13-7-4-8-14-20)27-25(30)24-21-15-9-10-16-22(21)26(31)29(28-24)17-19-11-5-3-6-12-19/h3-16,18,23H,17H2,1-2H3,(H,27,30)/t23-/m0/s1. The Labute approximate surface area is 181 Å². The van der Waals surface area contributed by atoms with E-state index in [1.807, 2.05) is 66.7 Å². The first-order valence-corrected chi connectivity index (χ1v) is 10.4. The summed E-state index contributed by atoms with van der Waals surface area (Å²) in [7, 11) is 0. The lowest BCUT2D eigenvalue weighted by atomic mass is 9.96. The molecule has 1 N–H and O–H groups in total. The molecule has 0 unspecified atom stereocenters. The molecular weight excluding hydrogens is 386 g/mol. The summed E-state index contributed by atoms with van der Waals surface area (Å²) in [5.74, 6) is -0.103. The third-order valence-corrected chi connectivity index (χ3v) is 5.37. The van der Waals surface area contributed by atoms with Crippen LogP contribution in [-0.2, 0) is 6.54 Å². The highest BCUT2D eigenvalue weighted by molar-refractivity contribution is 6.04. The van der Waals surface area contributed by atoms with E-state index in [2.05, 4.69) is 24.3 Å². The molecule has 1 atom stereocenters. The van der Waals surface area contributed by atoms with E-state index in [1.165, 1.54) is 4.68 Å². The number of amides is 1. The SMILES string of the molecule is CC(C)[C@H](NC(=O)c1nn(Cc2ccccc2)c(=O)c2ccccc12)c1ccccc1. The summed E-state index contributed by atoms with van der Waals surface area (Å²) in [4.78, 5) is 26.4. The van der Waals surface area contributed by atoms with Crippen LogP contribution in [0.2, 0.25) is 0 Å². The molecule has 0 fully saturated rings. The second kappa shape index (κ2) is 8.96. The first-order valence-electron chi connectivity index (χ1n) is 10.4. The van der Waals surface area contributed by atoms with Gasteiger partial charge in [0.2, 0.25) is 0 Å². The van der Waals surface area contributed by atoms with Crippen LogP contribution in [0.4, 0.5) is 0 Å². The number of benzene rings is 3. The molecule has 0 radical (unpaired) electrons. The molecule has 1 amide bonds. The lowest BCUT2D eigenvalue weighted by molar-refractivity contribution is 0.0920. The number of fused-ring (bicyclic) bond motifs is 1. The second-order valence-corrected chi connectivity index (χ2v) is 7.95. The van der Waals surface area contributed by atoms with Crippen molar-refractivity contribution in [3.8, 4) is 0 Å². The maximum absolute atomic E-state index is 13.4. The molecule has 31 heavy (non-hydrogen) atoms. The topological polar surface area (TPSA) is 64.0 Å². The highest BCUT2D eigenvalue weighted by Crippen LogP contribution is 2.23. The van der Waals surface area contributed by atoms with E-state index in [0.29, 0.717) is 17.3 Å². The molecule has 0 aliphatic rings. The number of carbonyl (C=O) groups is 1. The Morgan fingerprint density at radius 3 is 2.10 bits per heavy atom. The van der Waals surface area contributed by atoms with Crippen LogP contribution in [0.3, 0.4) is 0 Å². The van der Waals surface area contributed by atoms with Gasteiger partial charge < -0.3 is 5.32 Å². The Hall–Kier alpha value is -3.73. The molecule has 5 nitrogen and oxygen atoms in total. The Balaban J connectivity index is 1.76. The number of nitrogens with one attached hydrogen (secondary N) is 1. The third-order valence-electron chi connectivity index (χ3n) is 5.37. The van der Waals surface area contributed by atoms with Gasteiger partial charge in [-0.3, -0.25) is 9.59 Å². The van der Waals surface area contributed by atoms with Gasteiger partial charge in [0.05, 0.1) is 18.0 Å². The summed E-state index contributed by atoms with van der Waals surface area (Å²) in [5.41, 5.74) is 2.03. The van der Waals surface area contributed by atoms with E-state index in [4.69, 9.17) is 0 Å². The van der Waals surface area contributed by atoms with Gasteiger partial charge in [-0.1, -0.05) is 92.7 Å². The highest BCUT2D eigenvalue weighted by Gasteiger charge is 2.22. The average Bonchev–Trinajstić information content (AvgIpc) is 2.80. The van der Waals surface area contributed by atoms with Crippen LogP contribution in [0.5, 0.6) is 0 Å². The molecule has 0 saturated heterocycles. The van der Waals surface area contributed by atoms with Crippen molar-refractivity contribution in [2.75, 3.05) is 0 Å². The van der Waals surface area contributed by atoms with Crippen molar-refractivity contribution in [3.05, 3.63) is 112 Å². The monoisotopic (exact) mass is 411 g/mol. The summed E-state index contributed by atoms with van der Waals surface area (Å²) < 4.78 is 1.37. The largest absolute Gasteiger partial charge is 0.344 e. The minimum absolute atomic E-state index is 0.163. The number of rotatable bonds is 6. The summed E-state index contributed by atoms with van der Waals surface area (Å²) in [5, 5.41) is 8.67. The molecule has 0 aliphatic heterocycles. The van der Waals surface area contributed by atoms with Gasteiger partial charge in [-0.2, -0.15) is 5.10 Å². The molecule has 0 spiro atoms. The average molecular weight is 412 g/mol. The fourth-order valence-corrected chi connectivity index (χ4v) is 3.77. The van der Waals surface area contributed by atoms with E-state index in [0.717, 1.165) is 11.1 Å². The maximum Gasteiger partial charge on any atom is 0.274 e. The fourth-order valence-electron chi connectivity index (χ4n) is 3.77. The van der Waals surface area contributed by atoms with E-state index >= 15 is 0 Å². The first-order chi connectivity index (χ1) is 15.0. The Bertz CT molecular complexity index is 1250. The molecule has 1 aromatic heterocycles. The van der Waals surface area contributed by atoms with Gasteiger partial charge in [-0.15, -0.1) is 0 Å². The normalized spacial score (nSPS) is 12.1. The van der Waals surface area contributed by atoms with Gasteiger partial charge in [0.15, 0.2) is 5.69 Å². The predicted octanol–water partition coefficient (Wildman–Crippen LogP) is 4.57. The highest BCUT2D eigenvalue weighted by atomic mass is 16.2. The van der Waals surface area contributed by atoms with E-state index in [-0.39, 0.29) is 29.1 Å². The quantitative estimate of drug-likeness (QED) is 0.505. The van der Waals surface area contributed by atoms with Crippen LogP contribution in [0.15, 0.2) is 89.7 Å². The first kappa shape index (κ1) is 20.5. The minimum Gasteiger partial charge on any atom is -0.344 e. The third kappa shape index (κ3) is 4.40. The summed E-state index contributed by atoms with van der Waals surface area (Å²) in [6, 6.07) is 26.5. The maximum atomic E-state index is 13.4. The van der Waals surface area contributed by atoms with Crippen LogP contribution in [0.1, 0.15) is 41.5 Å². The van der Waals surface area contributed by atoms with E-state index in [1.54, 1.807) is 18.2 Å². The van der Waals surface area contributed by atoms with Crippen LogP contribution < -0.4 is 10.9 Å². The molecule has 0 bridgehead atoms. The molecule has 5 heteroatoms. The molecule has 1 heterocycles. The van der Waals surface area contributed by atoms with Gasteiger partial charge in [0, 0.05) is 5.39 Å². The Morgan fingerprint density at radius 1 is 0.871 bits per heavy atom. The number of hydrogen-bond donors (Lipinski definition) is 1.